The number of halogens is 3. The number of nitrogens with zero attached hydrogens (tertiary/aromatic N) is 3. The SMILES string of the molecule is CCOC(=O)N1CCN(S(=O)(=O)c2ccc(-c3cc(C(F)(F)F)on3)s2)CC1. The van der Waals surface area contributed by atoms with Gasteiger partial charge in [-0.1, -0.05) is 5.16 Å². The minimum absolute atomic E-state index is 0.0244. The van der Waals surface area contributed by atoms with Gasteiger partial charge in [0.25, 0.3) is 10.0 Å². The molecule has 2 aromatic heterocycles. The van der Waals surface area contributed by atoms with Crippen LogP contribution in [0.2, 0.25) is 0 Å². The van der Waals surface area contributed by atoms with Crippen molar-refractivity contribution in [1.82, 2.24) is 14.4 Å². The monoisotopic (exact) mass is 439 g/mol. The molecule has 0 aromatic carbocycles. The summed E-state index contributed by atoms with van der Waals surface area (Å²) < 4.78 is 73.8. The molecule has 0 saturated carbocycles. The molecule has 13 heteroatoms. The van der Waals surface area contributed by atoms with E-state index < -0.39 is 28.1 Å². The van der Waals surface area contributed by atoms with Gasteiger partial charge in [-0.05, 0) is 19.1 Å². The number of hydrogen-bond acceptors (Lipinski definition) is 7. The van der Waals surface area contributed by atoms with Crippen LogP contribution < -0.4 is 0 Å². The minimum Gasteiger partial charge on any atom is -0.450 e. The standard InChI is InChI=1S/C15H16F3N3O5S2/c1-2-25-14(22)20-5-7-21(8-6-20)28(23,24)13-4-3-11(27-13)10-9-12(26-19-10)15(16,17)18/h3-4,9H,2,5-8H2,1H3. The molecule has 1 aliphatic heterocycles. The third-order valence-electron chi connectivity index (χ3n) is 3.98. The summed E-state index contributed by atoms with van der Waals surface area (Å²) in [6.45, 7) is 2.48. The molecular formula is C15H16F3N3O5S2. The Balaban J connectivity index is 1.72. The molecule has 0 N–H and O–H groups in total. The van der Waals surface area contributed by atoms with E-state index in [2.05, 4.69) is 9.68 Å². The summed E-state index contributed by atoms with van der Waals surface area (Å²) in [4.78, 5) is 13.4. The van der Waals surface area contributed by atoms with E-state index in [0.717, 1.165) is 17.4 Å². The molecule has 8 nitrogen and oxygen atoms in total. The number of amides is 1. The summed E-state index contributed by atoms with van der Waals surface area (Å²) >= 11 is 0.801. The molecule has 1 aliphatic rings. The molecule has 0 spiro atoms. The molecule has 0 radical (unpaired) electrons. The second-order valence-electron chi connectivity index (χ2n) is 5.78. The predicted molar refractivity (Wildman–Crippen MR) is 92.2 cm³/mol. The van der Waals surface area contributed by atoms with Crippen molar-refractivity contribution in [3.05, 3.63) is 24.0 Å². The van der Waals surface area contributed by atoms with Gasteiger partial charge in [0.1, 0.15) is 9.90 Å². The number of ether oxygens (including phenoxy) is 1. The lowest BCUT2D eigenvalue weighted by Crippen LogP contribution is -2.50. The number of thiophene rings is 1. The van der Waals surface area contributed by atoms with E-state index in [9.17, 15) is 26.4 Å². The highest BCUT2D eigenvalue weighted by Gasteiger charge is 2.37. The fourth-order valence-corrected chi connectivity index (χ4v) is 5.41. The van der Waals surface area contributed by atoms with Crippen LogP contribution in [0.4, 0.5) is 18.0 Å². The van der Waals surface area contributed by atoms with Crippen LogP contribution in [0.15, 0.2) is 26.9 Å². The molecule has 3 rings (SSSR count). The summed E-state index contributed by atoms with van der Waals surface area (Å²) in [6, 6.07) is 3.42. The largest absolute Gasteiger partial charge is 0.452 e. The van der Waals surface area contributed by atoms with Gasteiger partial charge in [0.15, 0.2) is 0 Å². The lowest BCUT2D eigenvalue weighted by Gasteiger charge is -2.32. The Morgan fingerprint density at radius 3 is 2.54 bits per heavy atom. The Morgan fingerprint density at radius 2 is 1.96 bits per heavy atom. The van der Waals surface area contributed by atoms with E-state index in [1.54, 1.807) is 6.92 Å². The van der Waals surface area contributed by atoms with Crippen molar-refractivity contribution in [2.45, 2.75) is 17.3 Å². The van der Waals surface area contributed by atoms with Crippen LogP contribution >= 0.6 is 11.3 Å². The Morgan fingerprint density at radius 1 is 1.29 bits per heavy atom. The number of carbonyl (C=O) groups excluding carboxylic acids is 1. The maximum Gasteiger partial charge on any atom is 0.452 e. The molecule has 3 heterocycles. The number of hydrogen-bond donors (Lipinski definition) is 0. The van der Waals surface area contributed by atoms with E-state index in [1.165, 1.54) is 21.3 Å². The zero-order chi connectivity index (χ0) is 20.5. The van der Waals surface area contributed by atoms with Gasteiger partial charge in [0.2, 0.25) is 5.76 Å². The van der Waals surface area contributed by atoms with E-state index >= 15 is 0 Å². The van der Waals surface area contributed by atoms with Crippen molar-refractivity contribution in [2.75, 3.05) is 32.8 Å². The number of aromatic nitrogens is 1. The smallest absolute Gasteiger partial charge is 0.450 e. The fourth-order valence-electron chi connectivity index (χ4n) is 2.57. The summed E-state index contributed by atoms with van der Waals surface area (Å²) in [5, 5.41) is 3.36. The van der Waals surface area contributed by atoms with Crippen molar-refractivity contribution in [1.29, 1.82) is 0 Å². The zero-order valence-electron chi connectivity index (χ0n) is 14.6. The van der Waals surface area contributed by atoms with Crippen molar-refractivity contribution < 1.29 is 35.6 Å². The van der Waals surface area contributed by atoms with E-state index in [4.69, 9.17) is 4.74 Å². The van der Waals surface area contributed by atoms with Crippen LogP contribution in [-0.2, 0) is 20.9 Å². The summed E-state index contributed by atoms with van der Waals surface area (Å²) in [7, 11) is -3.84. The van der Waals surface area contributed by atoms with Gasteiger partial charge in [-0.2, -0.15) is 17.5 Å². The van der Waals surface area contributed by atoms with Gasteiger partial charge >= 0.3 is 12.3 Å². The third kappa shape index (κ3) is 4.15. The molecule has 0 unspecified atom stereocenters. The molecule has 1 saturated heterocycles. The molecule has 2 aromatic rings. The first-order chi connectivity index (χ1) is 13.1. The van der Waals surface area contributed by atoms with Gasteiger partial charge in [-0.25, -0.2) is 13.2 Å². The first kappa shape index (κ1) is 20.6. The van der Waals surface area contributed by atoms with Crippen LogP contribution in [0.3, 0.4) is 0 Å². The Labute approximate surface area is 162 Å². The number of piperazine rings is 1. The molecule has 0 aliphatic carbocycles. The normalized spacial score (nSPS) is 16.4. The lowest BCUT2D eigenvalue weighted by molar-refractivity contribution is -0.155. The molecular weight excluding hydrogens is 423 g/mol. The Hall–Kier alpha value is -2.12. The number of alkyl halides is 3. The molecule has 0 atom stereocenters. The van der Waals surface area contributed by atoms with Gasteiger partial charge in [0, 0.05) is 32.2 Å². The average Bonchev–Trinajstić information content (AvgIpc) is 3.31. The van der Waals surface area contributed by atoms with E-state index in [1.807, 2.05) is 0 Å². The van der Waals surface area contributed by atoms with Crippen molar-refractivity contribution in [3.63, 3.8) is 0 Å². The fraction of sp³-hybridized carbons (Fsp3) is 0.467. The Bertz CT molecular complexity index is 946. The van der Waals surface area contributed by atoms with Crippen LogP contribution in [0, 0.1) is 0 Å². The van der Waals surface area contributed by atoms with Gasteiger partial charge in [-0.15, -0.1) is 11.3 Å². The van der Waals surface area contributed by atoms with Crippen LogP contribution in [0.1, 0.15) is 12.7 Å². The lowest BCUT2D eigenvalue weighted by atomic mass is 10.3. The van der Waals surface area contributed by atoms with Crippen molar-refractivity contribution in [2.24, 2.45) is 0 Å². The number of rotatable bonds is 4. The van der Waals surface area contributed by atoms with Gasteiger partial charge < -0.3 is 14.2 Å². The number of carbonyl (C=O) groups is 1. The van der Waals surface area contributed by atoms with E-state index in [-0.39, 0.29) is 47.6 Å². The van der Waals surface area contributed by atoms with Crippen LogP contribution in [-0.4, -0.2) is 61.7 Å². The molecule has 154 valence electrons. The van der Waals surface area contributed by atoms with Crippen LogP contribution in [0.5, 0.6) is 0 Å². The second kappa shape index (κ2) is 7.72. The summed E-state index contributed by atoms with van der Waals surface area (Å²) in [6.07, 6.45) is -5.17. The molecule has 28 heavy (non-hydrogen) atoms. The highest BCUT2D eigenvalue weighted by Crippen LogP contribution is 2.36. The first-order valence-electron chi connectivity index (χ1n) is 8.19. The van der Waals surface area contributed by atoms with Crippen LogP contribution in [0.25, 0.3) is 10.6 Å². The molecule has 1 fully saturated rings. The van der Waals surface area contributed by atoms with Gasteiger partial charge in [-0.3, -0.25) is 0 Å². The number of sulfonamides is 1. The van der Waals surface area contributed by atoms with Gasteiger partial charge in [0.05, 0.1) is 11.5 Å². The van der Waals surface area contributed by atoms with Crippen molar-refractivity contribution >= 4 is 27.5 Å². The molecule has 1 amide bonds. The summed E-state index contributed by atoms with van der Waals surface area (Å²) in [5.74, 6) is -1.25. The quantitative estimate of drug-likeness (QED) is 0.727. The average molecular weight is 439 g/mol. The maximum absolute atomic E-state index is 12.8. The van der Waals surface area contributed by atoms with E-state index in [0.29, 0.717) is 0 Å². The highest BCUT2D eigenvalue weighted by atomic mass is 32.2. The Kier molecular flexibility index (Phi) is 5.68. The molecule has 0 bridgehead atoms. The minimum atomic E-state index is -4.67. The second-order valence-corrected chi connectivity index (χ2v) is 9.03. The van der Waals surface area contributed by atoms with Crippen molar-refractivity contribution in [3.8, 4) is 10.6 Å². The topological polar surface area (TPSA) is 93.0 Å². The predicted octanol–water partition coefficient (Wildman–Crippen LogP) is 2.88. The summed E-state index contributed by atoms with van der Waals surface area (Å²) in [5.41, 5.74) is -0.0918. The first-order valence-corrected chi connectivity index (χ1v) is 10.4. The highest BCUT2D eigenvalue weighted by molar-refractivity contribution is 7.91. The third-order valence-corrected chi connectivity index (χ3v) is 7.46. The maximum atomic E-state index is 12.8. The zero-order valence-corrected chi connectivity index (χ0v) is 16.2.